The molecule has 1 aromatic heterocycles. The molecule has 1 heterocycles. The second kappa shape index (κ2) is 6.65. The fraction of sp³-hybridized carbons (Fsp3) is 0.471. The van der Waals surface area contributed by atoms with E-state index < -0.39 is 0 Å². The lowest BCUT2D eigenvalue weighted by Crippen LogP contribution is -2.10. The smallest absolute Gasteiger partial charge is 0.0649 e. The van der Waals surface area contributed by atoms with Crippen LogP contribution in [0.1, 0.15) is 49.3 Å². The highest BCUT2D eigenvalue weighted by molar-refractivity contribution is 9.10. The number of aryl methyl sites for hydroxylation is 3. The zero-order chi connectivity index (χ0) is 15.6. The zero-order valence-electron chi connectivity index (χ0n) is 13.5. The Kier molecular flexibility index (Phi) is 5.09. The number of nitrogens with zero attached hydrogens (tertiary/aromatic N) is 2. The minimum atomic E-state index is 0.247. The molecular formula is C17H24BrN3. The van der Waals surface area contributed by atoms with Gasteiger partial charge in [0.15, 0.2) is 0 Å². The monoisotopic (exact) mass is 349 g/mol. The van der Waals surface area contributed by atoms with E-state index in [0.29, 0.717) is 0 Å². The lowest BCUT2D eigenvalue weighted by atomic mass is 10.0. The first-order valence-corrected chi connectivity index (χ1v) is 8.36. The summed E-state index contributed by atoms with van der Waals surface area (Å²) < 4.78 is 3.20. The maximum atomic E-state index is 4.62. The van der Waals surface area contributed by atoms with Gasteiger partial charge in [-0.2, -0.15) is 5.10 Å². The van der Waals surface area contributed by atoms with Crippen molar-refractivity contribution in [2.75, 3.05) is 5.32 Å². The molecule has 0 aliphatic carbocycles. The molecule has 1 atom stereocenters. The quantitative estimate of drug-likeness (QED) is 0.821. The number of benzene rings is 1. The SMILES string of the molecule is CCc1cc(Br)ccc1NC(C)c1c(C)nn(CC)c1C. The Morgan fingerprint density at radius 1 is 1.29 bits per heavy atom. The van der Waals surface area contributed by atoms with Crippen molar-refractivity contribution in [2.24, 2.45) is 0 Å². The molecule has 114 valence electrons. The molecule has 3 nitrogen and oxygen atoms in total. The highest BCUT2D eigenvalue weighted by Gasteiger charge is 2.17. The highest BCUT2D eigenvalue weighted by atomic mass is 79.9. The van der Waals surface area contributed by atoms with Crippen LogP contribution in [0.25, 0.3) is 0 Å². The number of rotatable bonds is 5. The molecule has 2 aromatic rings. The molecule has 0 aliphatic rings. The Morgan fingerprint density at radius 2 is 2.00 bits per heavy atom. The largest absolute Gasteiger partial charge is 0.378 e. The summed E-state index contributed by atoms with van der Waals surface area (Å²) in [5.74, 6) is 0. The van der Waals surface area contributed by atoms with Gasteiger partial charge in [0.2, 0.25) is 0 Å². The van der Waals surface area contributed by atoms with Gasteiger partial charge in [0.05, 0.1) is 11.7 Å². The van der Waals surface area contributed by atoms with Crippen molar-refractivity contribution in [1.82, 2.24) is 9.78 Å². The van der Waals surface area contributed by atoms with Gasteiger partial charge >= 0.3 is 0 Å². The minimum absolute atomic E-state index is 0.247. The van der Waals surface area contributed by atoms with Gasteiger partial charge in [0.25, 0.3) is 0 Å². The van der Waals surface area contributed by atoms with Crippen molar-refractivity contribution in [3.05, 3.63) is 45.2 Å². The molecule has 2 rings (SSSR count). The highest BCUT2D eigenvalue weighted by Crippen LogP contribution is 2.28. The van der Waals surface area contributed by atoms with E-state index in [0.717, 1.165) is 23.1 Å². The first kappa shape index (κ1) is 16.1. The summed E-state index contributed by atoms with van der Waals surface area (Å²) in [6.45, 7) is 11.7. The van der Waals surface area contributed by atoms with E-state index >= 15 is 0 Å². The summed E-state index contributed by atoms with van der Waals surface area (Å²) in [6, 6.07) is 6.67. The van der Waals surface area contributed by atoms with Crippen molar-refractivity contribution in [3.8, 4) is 0 Å². The molecule has 0 amide bonds. The zero-order valence-corrected chi connectivity index (χ0v) is 15.1. The second-order valence-corrected chi connectivity index (χ2v) is 6.34. The summed E-state index contributed by atoms with van der Waals surface area (Å²) in [5, 5.41) is 8.27. The van der Waals surface area contributed by atoms with Gasteiger partial charge in [0.1, 0.15) is 0 Å². The Labute approximate surface area is 135 Å². The molecule has 0 bridgehead atoms. The Balaban J connectivity index is 2.30. The molecule has 1 aromatic carbocycles. The molecule has 0 aliphatic heterocycles. The maximum absolute atomic E-state index is 4.62. The number of halogens is 1. The van der Waals surface area contributed by atoms with Gasteiger partial charge in [-0.1, -0.05) is 22.9 Å². The maximum Gasteiger partial charge on any atom is 0.0649 e. The van der Waals surface area contributed by atoms with E-state index in [9.17, 15) is 0 Å². The van der Waals surface area contributed by atoms with E-state index in [2.05, 4.69) is 83.8 Å². The minimum Gasteiger partial charge on any atom is -0.378 e. The summed E-state index contributed by atoms with van der Waals surface area (Å²) in [6.07, 6.45) is 1.01. The van der Waals surface area contributed by atoms with E-state index in [-0.39, 0.29) is 6.04 Å². The van der Waals surface area contributed by atoms with Crippen LogP contribution in [-0.2, 0) is 13.0 Å². The number of aromatic nitrogens is 2. The Hall–Kier alpha value is -1.29. The van der Waals surface area contributed by atoms with E-state index in [4.69, 9.17) is 0 Å². The standard InChI is InChI=1S/C17H24BrN3/c1-6-14-10-15(18)8-9-16(14)19-11(3)17-12(4)20-21(7-2)13(17)5/h8-11,19H,6-7H2,1-5H3. The van der Waals surface area contributed by atoms with Crippen molar-refractivity contribution in [3.63, 3.8) is 0 Å². The third-order valence-corrected chi connectivity index (χ3v) is 4.48. The number of nitrogens with one attached hydrogen (secondary N) is 1. The molecule has 0 saturated heterocycles. The van der Waals surface area contributed by atoms with Gasteiger partial charge in [0, 0.05) is 28.0 Å². The molecular weight excluding hydrogens is 326 g/mol. The lowest BCUT2D eigenvalue weighted by molar-refractivity contribution is 0.632. The van der Waals surface area contributed by atoms with Gasteiger partial charge in [-0.25, -0.2) is 0 Å². The molecule has 0 saturated carbocycles. The molecule has 0 spiro atoms. The average molecular weight is 350 g/mol. The van der Waals surface area contributed by atoms with E-state index in [1.807, 2.05) is 0 Å². The average Bonchev–Trinajstić information content (AvgIpc) is 2.75. The normalized spacial score (nSPS) is 12.5. The number of hydrogen-bond donors (Lipinski definition) is 1. The van der Waals surface area contributed by atoms with Gasteiger partial charge < -0.3 is 5.32 Å². The summed E-state index contributed by atoms with van der Waals surface area (Å²) in [7, 11) is 0. The predicted molar refractivity (Wildman–Crippen MR) is 92.9 cm³/mol. The lowest BCUT2D eigenvalue weighted by Gasteiger charge is -2.19. The summed E-state index contributed by atoms with van der Waals surface area (Å²) in [4.78, 5) is 0. The first-order chi connectivity index (χ1) is 9.97. The van der Waals surface area contributed by atoms with Crippen LogP contribution in [0, 0.1) is 13.8 Å². The molecule has 0 radical (unpaired) electrons. The van der Waals surface area contributed by atoms with Crippen molar-refractivity contribution in [2.45, 2.75) is 53.6 Å². The van der Waals surface area contributed by atoms with Crippen molar-refractivity contribution in [1.29, 1.82) is 0 Å². The topological polar surface area (TPSA) is 29.9 Å². The van der Waals surface area contributed by atoms with Crippen LogP contribution < -0.4 is 5.32 Å². The Bertz CT molecular complexity index is 631. The van der Waals surface area contributed by atoms with Crippen LogP contribution in [0.5, 0.6) is 0 Å². The second-order valence-electron chi connectivity index (χ2n) is 5.42. The third kappa shape index (κ3) is 3.31. The fourth-order valence-corrected chi connectivity index (χ4v) is 3.35. The number of hydrogen-bond acceptors (Lipinski definition) is 2. The van der Waals surface area contributed by atoms with Crippen LogP contribution in [-0.4, -0.2) is 9.78 Å². The number of anilines is 1. The first-order valence-electron chi connectivity index (χ1n) is 7.56. The van der Waals surface area contributed by atoms with Crippen LogP contribution in [0.4, 0.5) is 5.69 Å². The van der Waals surface area contributed by atoms with E-state index in [1.54, 1.807) is 0 Å². The molecule has 21 heavy (non-hydrogen) atoms. The van der Waals surface area contributed by atoms with Crippen LogP contribution in [0.2, 0.25) is 0 Å². The molecule has 4 heteroatoms. The molecule has 1 unspecified atom stereocenters. The van der Waals surface area contributed by atoms with E-state index in [1.165, 1.54) is 22.5 Å². The predicted octanol–water partition coefficient (Wildman–Crippen LogP) is 5.02. The van der Waals surface area contributed by atoms with Crippen molar-refractivity contribution < 1.29 is 0 Å². The van der Waals surface area contributed by atoms with Gasteiger partial charge in [-0.05, 0) is 57.9 Å². The van der Waals surface area contributed by atoms with Crippen LogP contribution >= 0.6 is 15.9 Å². The summed E-state index contributed by atoms with van der Waals surface area (Å²) in [5.41, 5.74) is 6.21. The third-order valence-electron chi connectivity index (χ3n) is 3.99. The van der Waals surface area contributed by atoms with Crippen molar-refractivity contribution >= 4 is 21.6 Å². The molecule has 0 fully saturated rings. The molecule has 1 N–H and O–H groups in total. The van der Waals surface area contributed by atoms with Crippen LogP contribution in [0.15, 0.2) is 22.7 Å². The Morgan fingerprint density at radius 3 is 2.57 bits per heavy atom. The fourth-order valence-electron chi connectivity index (χ4n) is 2.95. The van der Waals surface area contributed by atoms with Crippen LogP contribution in [0.3, 0.4) is 0 Å². The summed E-state index contributed by atoms with van der Waals surface area (Å²) >= 11 is 3.54. The van der Waals surface area contributed by atoms with Gasteiger partial charge in [-0.15, -0.1) is 0 Å². The van der Waals surface area contributed by atoms with Gasteiger partial charge in [-0.3, -0.25) is 4.68 Å².